The zero-order chi connectivity index (χ0) is 25.2. The zero-order valence-electron chi connectivity index (χ0n) is 22.5. The number of benzene rings is 3. The van der Waals surface area contributed by atoms with Crippen LogP contribution in [0.15, 0.2) is 91.0 Å². The molecule has 2 atom stereocenters. The number of hydrogen-bond donors (Lipinski definition) is 1. The Labute approximate surface area is 219 Å². The number of fused-ring (bicyclic) bond motifs is 1. The molecule has 2 unspecified atom stereocenters. The van der Waals surface area contributed by atoms with Gasteiger partial charge in [-0.3, -0.25) is 0 Å². The highest BCUT2D eigenvalue weighted by Crippen LogP contribution is 2.47. The van der Waals surface area contributed by atoms with Crippen LogP contribution in [0.4, 0.5) is 0 Å². The summed E-state index contributed by atoms with van der Waals surface area (Å²) >= 11 is 0. The predicted molar refractivity (Wildman–Crippen MR) is 157 cm³/mol. The van der Waals surface area contributed by atoms with E-state index in [9.17, 15) is 0 Å². The Bertz CT molecular complexity index is 1130. The molecule has 2 nitrogen and oxygen atoms in total. The van der Waals surface area contributed by atoms with Gasteiger partial charge in [-0.1, -0.05) is 97.6 Å². The lowest BCUT2D eigenvalue weighted by molar-refractivity contribution is 0.491. The lowest BCUT2D eigenvalue weighted by Gasteiger charge is -2.46. The number of nitrogens with zero attached hydrogens (tertiary/aromatic N) is 1. The highest BCUT2D eigenvalue weighted by atomic mass is 28.3. The average molecular weight is 495 g/mol. The van der Waals surface area contributed by atoms with Crippen LogP contribution in [0, 0.1) is 0 Å². The highest BCUT2D eigenvalue weighted by molar-refractivity contribution is 6.80. The summed E-state index contributed by atoms with van der Waals surface area (Å²) in [7, 11) is -2.14. The van der Waals surface area contributed by atoms with Crippen molar-refractivity contribution in [2.75, 3.05) is 13.1 Å². The maximum absolute atomic E-state index is 4.34. The van der Waals surface area contributed by atoms with Crippen LogP contribution in [0.1, 0.15) is 61.4 Å². The van der Waals surface area contributed by atoms with Gasteiger partial charge in [0.2, 0.25) is 0 Å². The highest BCUT2D eigenvalue weighted by Gasteiger charge is 2.48. The van der Waals surface area contributed by atoms with E-state index in [1.54, 1.807) is 0 Å². The van der Waals surface area contributed by atoms with Crippen LogP contribution in [-0.2, 0) is 12.8 Å². The van der Waals surface area contributed by atoms with E-state index in [4.69, 9.17) is 0 Å². The molecule has 0 bridgehead atoms. The summed E-state index contributed by atoms with van der Waals surface area (Å²) in [5.41, 5.74) is 8.43. The average Bonchev–Trinajstić information content (AvgIpc) is 3.52. The number of likely N-dealkylation sites (tertiary alicyclic amines) is 1. The SMILES string of the molecule is CC(C)(C)N[Si](C)(C(Cc1ccccc1)Cc1ccccc1)C1C=C(N2CCCC2)c2ccccc21. The van der Waals surface area contributed by atoms with E-state index in [1.165, 1.54) is 53.9 Å². The fourth-order valence-electron chi connectivity index (χ4n) is 6.60. The quantitative estimate of drug-likeness (QED) is 0.325. The second-order valence-corrected chi connectivity index (χ2v) is 16.3. The molecule has 5 rings (SSSR count). The van der Waals surface area contributed by atoms with Gasteiger partial charge in [0, 0.05) is 35.4 Å². The molecule has 1 aliphatic carbocycles. The molecule has 3 aromatic rings. The molecule has 0 radical (unpaired) electrons. The molecule has 3 aromatic carbocycles. The molecule has 1 heterocycles. The van der Waals surface area contributed by atoms with E-state index in [2.05, 4.69) is 128 Å². The Kier molecular flexibility index (Phi) is 7.23. The molecule has 1 aliphatic heterocycles. The minimum absolute atomic E-state index is 0.0474. The fraction of sp³-hybridized carbons (Fsp3) is 0.394. The van der Waals surface area contributed by atoms with Gasteiger partial charge in [-0.2, -0.15) is 0 Å². The first-order valence-electron chi connectivity index (χ1n) is 13.8. The van der Waals surface area contributed by atoms with Crippen LogP contribution in [-0.4, -0.2) is 31.8 Å². The summed E-state index contributed by atoms with van der Waals surface area (Å²) in [6.45, 7) is 12.1. The molecule has 1 fully saturated rings. The monoisotopic (exact) mass is 494 g/mol. The summed E-state index contributed by atoms with van der Waals surface area (Å²) < 4.78 is 0. The first kappa shape index (κ1) is 25.0. The topological polar surface area (TPSA) is 15.3 Å². The van der Waals surface area contributed by atoms with Crippen molar-refractivity contribution in [1.82, 2.24) is 9.88 Å². The summed E-state index contributed by atoms with van der Waals surface area (Å²) in [5, 5.41) is 0. The molecular weight excluding hydrogens is 452 g/mol. The largest absolute Gasteiger partial charge is 0.371 e. The van der Waals surface area contributed by atoms with E-state index in [0.717, 1.165) is 12.8 Å². The molecular formula is C33H42N2Si. The standard InChI is InChI=1S/C33H42N2Si/c1-33(2,3)34-36(4,28(23-26-15-7-5-8-16-26)24-27-17-9-6-10-18-27)32-25-31(35-21-13-14-22-35)29-19-11-12-20-30(29)32/h5-12,15-20,25,28,32,34H,13-14,21-24H2,1-4H3. The van der Waals surface area contributed by atoms with Crippen LogP contribution in [0.2, 0.25) is 12.1 Å². The molecule has 188 valence electrons. The van der Waals surface area contributed by atoms with Gasteiger partial charge in [-0.15, -0.1) is 0 Å². The van der Waals surface area contributed by atoms with Gasteiger partial charge in [0.25, 0.3) is 0 Å². The van der Waals surface area contributed by atoms with Gasteiger partial charge < -0.3 is 9.88 Å². The summed E-state index contributed by atoms with van der Waals surface area (Å²) in [5.74, 6) is 0. The summed E-state index contributed by atoms with van der Waals surface area (Å²) in [6.07, 6.45) is 7.50. The Morgan fingerprint density at radius 1 is 0.806 bits per heavy atom. The van der Waals surface area contributed by atoms with Crippen molar-refractivity contribution in [3.05, 3.63) is 113 Å². The van der Waals surface area contributed by atoms with Crippen molar-refractivity contribution in [3.63, 3.8) is 0 Å². The van der Waals surface area contributed by atoms with Gasteiger partial charge in [0.1, 0.15) is 8.24 Å². The number of hydrogen-bond acceptors (Lipinski definition) is 2. The third kappa shape index (κ3) is 5.38. The Hall–Kier alpha value is -2.62. The van der Waals surface area contributed by atoms with E-state index in [1.807, 2.05) is 0 Å². The lowest BCUT2D eigenvalue weighted by Crippen LogP contribution is -2.63. The smallest absolute Gasteiger partial charge is 0.138 e. The molecule has 2 aliphatic rings. The van der Waals surface area contributed by atoms with E-state index < -0.39 is 8.24 Å². The van der Waals surface area contributed by atoms with Gasteiger partial charge >= 0.3 is 0 Å². The van der Waals surface area contributed by atoms with Crippen molar-refractivity contribution in [3.8, 4) is 0 Å². The Morgan fingerprint density at radius 3 is 1.89 bits per heavy atom. The second-order valence-electron chi connectivity index (χ2n) is 12.0. The van der Waals surface area contributed by atoms with Gasteiger partial charge in [-0.05, 0) is 68.7 Å². The predicted octanol–water partition coefficient (Wildman–Crippen LogP) is 7.58. The van der Waals surface area contributed by atoms with E-state index in [-0.39, 0.29) is 5.54 Å². The zero-order valence-corrected chi connectivity index (χ0v) is 23.5. The molecule has 0 saturated carbocycles. The van der Waals surface area contributed by atoms with Crippen LogP contribution in [0.3, 0.4) is 0 Å². The maximum atomic E-state index is 4.34. The van der Waals surface area contributed by atoms with Crippen LogP contribution < -0.4 is 4.98 Å². The molecule has 36 heavy (non-hydrogen) atoms. The number of allylic oxidation sites excluding steroid dienone is 1. The maximum Gasteiger partial charge on any atom is 0.138 e. The van der Waals surface area contributed by atoms with E-state index in [0.29, 0.717) is 11.1 Å². The minimum atomic E-state index is -2.14. The van der Waals surface area contributed by atoms with E-state index >= 15 is 0 Å². The Balaban J connectivity index is 1.62. The van der Waals surface area contributed by atoms with Gasteiger partial charge in [0.05, 0.1) is 0 Å². The van der Waals surface area contributed by atoms with Crippen molar-refractivity contribution in [2.45, 2.75) is 69.6 Å². The molecule has 0 aromatic heterocycles. The molecule has 3 heteroatoms. The molecule has 0 spiro atoms. The number of rotatable bonds is 8. The van der Waals surface area contributed by atoms with Crippen molar-refractivity contribution in [1.29, 1.82) is 0 Å². The van der Waals surface area contributed by atoms with Crippen molar-refractivity contribution < 1.29 is 0 Å². The second kappa shape index (κ2) is 10.4. The van der Waals surface area contributed by atoms with Crippen LogP contribution >= 0.6 is 0 Å². The summed E-state index contributed by atoms with van der Waals surface area (Å²) in [6, 6.07) is 31.6. The third-order valence-electron chi connectivity index (χ3n) is 8.13. The molecule has 1 saturated heterocycles. The fourth-order valence-corrected chi connectivity index (χ4v) is 11.8. The molecule has 1 N–H and O–H groups in total. The van der Waals surface area contributed by atoms with Gasteiger partial charge in [-0.25, -0.2) is 0 Å². The third-order valence-corrected chi connectivity index (χ3v) is 13.3. The minimum Gasteiger partial charge on any atom is -0.371 e. The van der Waals surface area contributed by atoms with Gasteiger partial charge in [0.15, 0.2) is 0 Å². The normalized spacial score (nSPS) is 19.3. The Morgan fingerprint density at radius 2 is 1.33 bits per heavy atom. The first-order valence-corrected chi connectivity index (χ1v) is 16.4. The van der Waals surface area contributed by atoms with Crippen molar-refractivity contribution in [2.24, 2.45) is 0 Å². The van der Waals surface area contributed by atoms with Crippen LogP contribution in [0.5, 0.6) is 0 Å². The lowest BCUT2D eigenvalue weighted by atomic mass is 10.0. The molecule has 0 amide bonds. The van der Waals surface area contributed by atoms with Crippen LogP contribution in [0.25, 0.3) is 5.70 Å². The number of nitrogens with one attached hydrogen (secondary N) is 1. The summed E-state index contributed by atoms with van der Waals surface area (Å²) in [4.78, 5) is 6.99. The first-order chi connectivity index (χ1) is 17.3. The van der Waals surface area contributed by atoms with Crippen molar-refractivity contribution >= 4 is 13.9 Å².